The first-order valence-electron chi connectivity index (χ1n) is 9.35. The van der Waals surface area contributed by atoms with Crippen LogP contribution in [-0.4, -0.2) is 50.2 Å². The quantitative estimate of drug-likeness (QED) is 0.557. The van der Waals surface area contributed by atoms with E-state index in [1.165, 1.54) is 19.3 Å². The van der Waals surface area contributed by atoms with E-state index in [0.717, 1.165) is 32.4 Å². The van der Waals surface area contributed by atoms with Crippen LogP contribution in [0.1, 0.15) is 24.8 Å². The maximum Gasteiger partial charge on any atom is 0.330 e. The van der Waals surface area contributed by atoms with Gasteiger partial charge in [-0.2, -0.15) is 0 Å². The number of nitrogens with zero attached hydrogens (tertiary/aromatic N) is 1. The number of esters is 1. The number of nitrogens with one attached hydrogen (secondary N) is 2. The van der Waals surface area contributed by atoms with E-state index < -0.39 is 17.3 Å². The van der Waals surface area contributed by atoms with Crippen molar-refractivity contribution in [2.45, 2.75) is 24.8 Å². The number of methoxy groups -OCH3 is 1. The molecule has 2 heterocycles. The number of hydrogen-bond acceptors (Lipinski definition) is 4. The molecule has 2 saturated heterocycles. The molecule has 2 N–H and O–H groups in total. The van der Waals surface area contributed by atoms with E-state index >= 15 is 0 Å². The number of carbonyl (C=O) groups is 2. The molecule has 2 amide bonds. The molecule has 2 aliphatic heterocycles. The van der Waals surface area contributed by atoms with E-state index in [4.69, 9.17) is 0 Å². The molecule has 2 fully saturated rings. The van der Waals surface area contributed by atoms with Crippen molar-refractivity contribution in [1.82, 2.24) is 15.5 Å². The number of benzene rings is 1. The van der Waals surface area contributed by atoms with Crippen LogP contribution in [0.25, 0.3) is 0 Å². The van der Waals surface area contributed by atoms with Crippen molar-refractivity contribution in [2.75, 3.05) is 33.3 Å². The molecule has 0 bridgehead atoms. The van der Waals surface area contributed by atoms with E-state index in [2.05, 4.69) is 15.4 Å². The first kappa shape index (κ1) is 22.2. The SMILES string of the molecule is COC(=O)C=CC1(c2ccccc2F)CNC(=O)N1CCC1CCNCC1.Cl. The third-order valence-electron chi connectivity index (χ3n) is 5.49. The molecule has 3 rings (SSSR count). The molecular weight excluding hydrogens is 385 g/mol. The molecule has 0 radical (unpaired) electrons. The summed E-state index contributed by atoms with van der Waals surface area (Å²) >= 11 is 0. The summed E-state index contributed by atoms with van der Waals surface area (Å²) in [5, 5.41) is 6.16. The second-order valence-corrected chi connectivity index (χ2v) is 7.05. The molecule has 0 aliphatic carbocycles. The van der Waals surface area contributed by atoms with Gasteiger partial charge in [0.1, 0.15) is 11.4 Å². The third-order valence-corrected chi connectivity index (χ3v) is 5.49. The Balaban J connectivity index is 0.00000280. The lowest BCUT2D eigenvalue weighted by molar-refractivity contribution is -0.134. The van der Waals surface area contributed by atoms with Crippen LogP contribution in [0.4, 0.5) is 9.18 Å². The van der Waals surface area contributed by atoms with Gasteiger partial charge in [0.25, 0.3) is 0 Å². The number of halogens is 2. The summed E-state index contributed by atoms with van der Waals surface area (Å²) in [5.74, 6) is -0.415. The molecule has 1 aromatic rings. The second kappa shape index (κ2) is 9.89. The standard InChI is InChI=1S/C20H26FN3O3.ClH/c1-27-18(25)6-10-20(16-4-2-3-5-17(16)21)14-23-19(26)24(20)13-9-15-7-11-22-12-8-15;/h2-6,10,15,22H,7-9,11-14H2,1H3,(H,23,26);1H. The topological polar surface area (TPSA) is 70.7 Å². The lowest BCUT2D eigenvalue weighted by Crippen LogP contribution is -2.45. The zero-order valence-corrected chi connectivity index (χ0v) is 16.8. The Labute approximate surface area is 170 Å². The van der Waals surface area contributed by atoms with Gasteiger partial charge in [-0.25, -0.2) is 14.0 Å². The molecule has 154 valence electrons. The molecule has 1 unspecified atom stereocenters. The van der Waals surface area contributed by atoms with Gasteiger partial charge in [0.05, 0.1) is 13.7 Å². The van der Waals surface area contributed by atoms with Crippen molar-refractivity contribution in [3.05, 3.63) is 47.8 Å². The normalized spacial score (nSPS) is 22.8. The van der Waals surface area contributed by atoms with Crippen molar-refractivity contribution >= 4 is 24.4 Å². The highest BCUT2D eigenvalue weighted by Crippen LogP contribution is 2.36. The smallest absolute Gasteiger partial charge is 0.330 e. The van der Waals surface area contributed by atoms with E-state index in [0.29, 0.717) is 18.0 Å². The molecule has 1 atom stereocenters. The third kappa shape index (κ3) is 4.64. The van der Waals surface area contributed by atoms with Crippen molar-refractivity contribution in [2.24, 2.45) is 5.92 Å². The van der Waals surface area contributed by atoms with Crippen molar-refractivity contribution in [3.63, 3.8) is 0 Å². The van der Waals surface area contributed by atoms with Gasteiger partial charge in [0.2, 0.25) is 0 Å². The van der Waals surface area contributed by atoms with Gasteiger partial charge in [0, 0.05) is 18.2 Å². The minimum absolute atomic E-state index is 0. The molecule has 2 aliphatic rings. The fourth-order valence-electron chi connectivity index (χ4n) is 3.93. The Morgan fingerprint density at radius 3 is 2.75 bits per heavy atom. The van der Waals surface area contributed by atoms with Gasteiger partial charge in [-0.1, -0.05) is 18.2 Å². The van der Waals surface area contributed by atoms with Crippen LogP contribution < -0.4 is 10.6 Å². The van der Waals surface area contributed by atoms with E-state index in [1.807, 2.05) is 0 Å². The van der Waals surface area contributed by atoms with Crippen LogP contribution in [0.2, 0.25) is 0 Å². The predicted molar refractivity (Wildman–Crippen MR) is 107 cm³/mol. The minimum atomic E-state index is -1.05. The van der Waals surface area contributed by atoms with Crippen LogP contribution in [0, 0.1) is 11.7 Å². The molecule has 6 nitrogen and oxygen atoms in total. The molecule has 28 heavy (non-hydrogen) atoms. The van der Waals surface area contributed by atoms with E-state index in [-0.39, 0.29) is 25.0 Å². The number of piperidine rings is 1. The Bertz CT molecular complexity index is 724. The fourth-order valence-corrected chi connectivity index (χ4v) is 3.93. The second-order valence-electron chi connectivity index (χ2n) is 7.05. The Morgan fingerprint density at radius 2 is 2.07 bits per heavy atom. The maximum absolute atomic E-state index is 14.7. The lowest BCUT2D eigenvalue weighted by Gasteiger charge is -2.36. The van der Waals surface area contributed by atoms with E-state index in [9.17, 15) is 14.0 Å². The molecule has 0 aromatic heterocycles. The Hall–Kier alpha value is -2.12. The van der Waals surface area contributed by atoms with Gasteiger partial charge in [0.15, 0.2) is 0 Å². The first-order chi connectivity index (χ1) is 13.1. The average Bonchev–Trinajstić information content (AvgIpc) is 3.02. The number of amides is 2. The van der Waals surface area contributed by atoms with Gasteiger partial charge in [-0.15, -0.1) is 12.4 Å². The predicted octanol–water partition coefficient (Wildman–Crippen LogP) is 2.59. The molecule has 8 heteroatoms. The zero-order chi connectivity index (χ0) is 19.3. The van der Waals surface area contributed by atoms with Crippen LogP contribution in [0.3, 0.4) is 0 Å². The summed E-state index contributed by atoms with van der Waals surface area (Å²) in [7, 11) is 1.29. The number of hydrogen-bond donors (Lipinski definition) is 2. The highest BCUT2D eigenvalue weighted by Gasteiger charge is 2.46. The summed E-state index contributed by atoms with van der Waals surface area (Å²) in [6.07, 6.45) is 5.83. The molecule has 0 saturated carbocycles. The number of ether oxygens (including phenoxy) is 1. The summed E-state index contributed by atoms with van der Waals surface area (Å²) < 4.78 is 19.4. The zero-order valence-electron chi connectivity index (χ0n) is 15.9. The van der Waals surface area contributed by atoms with Crippen LogP contribution in [-0.2, 0) is 15.1 Å². The molecule has 0 spiro atoms. The van der Waals surface area contributed by atoms with Crippen molar-refractivity contribution in [1.29, 1.82) is 0 Å². The van der Waals surface area contributed by atoms with Gasteiger partial charge in [-0.05, 0) is 50.4 Å². The average molecular weight is 412 g/mol. The van der Waals surface area contributed by atoms with Gasteiger partial charge < -0.3 is 20.3 Å². The monoisotopic (exact) mass is 411 g/mol. The van der Waals surface area contributed by atoms with Crippen molar-refractivity contribution in [3.8, 4) is 0 Å². The first-order valence-corrected chi connectivity index (χ1v) is 9.35. The lowest BCUT2D eigenvalue weighted by atomic mass is 9.87. The molecular formula is C20H27ClFN3O3. The highest BCUT2D eigenvalue weighted by molar-refractivity contribution is 5.85. The Kier molecular flexibility index (Phi) is 7.83. The summed E-state index contributed by atoms with van der Waals surface area (Å²) in [5.41, 5.74) is -0.683. The van der Waals surface area contributed by atoms with Gasteiger partial charge in [-0.3, -0.25) is 0 Å². The number of rotatable bonds is 6. The fraction of sp³-hybridized carbons (Fsp3) is 0.500. The largest absolute Gasteiger partial charge is 0.466 e. The van der Waals surface area contributed by atoms with Gasteiger partial charge >= 0.3 is 12.0 Å². The number of urea groups is 1. The summed E-state index contributed by atoms with van der Waals surface area (Å²) in [6.45, 7) is 2.66. The van der Waals surface area contributed by atoms with Crippen LogP contribution >= 0.6 is 12.4 Å². The van der Waals surface area contributed by atoms with Crippen LogP contribution in [0.15, 0.2) is 36.4 Å². The maximum atomic E-state index is 14.7. The molecule has 1 aromatic carbocycles. The highest BCUT2D eigenvalue weighted by atomic mass is 35.5. The summed E-state index contributed by atoms with van der Waals surface area (Å²) in [6, 6.07) is 6.13. The minimum Gasteiger partial charge on any atom is -0.466 e. The Morgan fingerprint density at radius 1 is 1.36 bits per heavy atom. The van der Waals surface area contributed by atoms with Crippen LogP contribution in [0.5, 0.6) is 0 Å². The van der Waals surface area contributed by atoms with Crippen molar-refractivity contribution < 1.29 is 18.7 Å². The number of carbonyl (C=O) groups excluding carboxylic acids is 2. The summed E-state index contributed by atoms with van der Waals surface area (Å²) in [4.78, 5) is 25.9. The van der Waals surface area contributed by atoms with E-state index in [1.54, 1.807) is 29.2 Å².